The highest BCUT2D eigenvalue weighted by Crippen LogP contribution is 2.25. The van der Waals surface area contributed by atoms with Crippen LogP contribution in [-0.2, 0) is 4.79 Å². The number of alkyl halides is 2. The van der Waals surface area contributed by atoms with Crippen LogP contribution in [0.1, 0.15) is 23.5 Å². The van der Waals surface area contributed by atoms with Gasteiger partial charge in [-0.1, -0.05) is 12.1 Å². The Balaban J connectivity index is 1.57. The van der Waals surface area contributed by atoms with E-state index in [1.54, 1.807) is 30.6 Å². The largest absolute Gasteiger partial charge is 0.435 e. The molecule has 1 atom stereocenters. The lowest BCUT2D eigenvalue weighted by molar-refractivity contribution is -0.117. The molecule has 0 bridgehead atoms. The van der Waals surface area contributed by atoms with Crippen LogP contribution in [-0.4, -0.2) is 22.5 Å². The number of hydrogen-bond acceptors (Lipinski definition) is 5. The van der Waals surface area contributed by atoms with E-state index in [2.05, 4.69) is 20.0 Å². The fourth-order valence-electron chi connectivity index (χ4n) is 2.40. The Labute approximate surface area is 164 Å². The minimum Gasteiger partial charge on any atom is -0.435 e. The van der Waals surface area contributed by atoms with Gasteiger partial charge in [0.25, 0.3) is 0 Å². The van der Waals surface area contributed by atoms with Crippen molar-refractivity contribution in [3.8, 4) is 17.0 Å². The number of ether oxygens (including phenoxy) is 1. The second-order valence-electron chi connectivity index (χ2n) is 5.82. The molecule has 0 spiro atoms. The molecule has 144 valence electrons. The molecule has 0 aliphatic heterocycles. The number of rotatable bonds is 7. The number of aromatic nitrogens is 2. The first-order valence-corrected chi connectivity index (χ1v) is 9.28. The summed E-state index contributed by atoms with van der Waals surface area (Å²) in [5.41, 5.74) is 2.50. The molecule has 1 amide bonds. The maximum absolute atomic E-state index is 12.1. The van der Waals surface area contributed by atoms with Gasteiger partial charge in [-0.3, -0.25) is 9.78 Å². The fraction of sp³-hybridized carbons (Fsp3) is 0.150. The molecule has 0 fully saturated rings. The van der Waals surface area contributed by atoms with Crippen molar-refractivity contribution >= 4 is 23.3 Å². The number of nitrogens with zero attached hydrogens (tertiary/aromatic N) is 2. The minimum atomic E-state index is -2.86. The predicted octanol–water partition coefficient (Wildman–Crippen LogP) is 4.70. The van der Waals surface area contributed by atoms with Crippen LogP contribution in [0, 0.1) is 0 Å². The predicted molar refractivity (Wildman–Crippen MR) is 104 cm³/mol. The Morgan fingerprint density at radius 1 is 1.18 bits per heavy atom. The van der Waals surface area contributed by atoms with Gasteiger partial charge in [0, 0.05) is 29.4 Å². The van der Waals surface area contributed by atoms with Crippen LogP contribution in [0.2, 0.25) is 0 Å². The van der Waals surface area contributed by atoms with Gasteiger partial charge in [-0.05, 0) is 42.8 Å². The Morgan fingerprint density at radius 2 is 1.89 bits per heavy atom. The zero-order chi connectivity index (χ0) is 19.9. The quantitative estimate of drug-likeness (QED) is 0.583. The van der Waals surface area contributed by atoms with Crippen LogP contribution in [0.15, 0.2) is 60.2 Å². The standard InChI is InChI=1S/C20H17F2N3O2S/c1-13(19-25-17(12-28-19)15-8-10-23-11-9-15)24-18(26)7-4-14-2-5-16(6-3-14)27-20(21)22/h2-13,20H,1H3,(H,24,26)/b7-4+. The van der Waals surface area contributed by atoms with E-state index in [0.717, 1.165) is 16.3 Å². The van der Waals surface area contributed by atoms with Crippen molar-refractivity contribution in [1.82, 2.24) is 15.3 Å². The highest BCUT2D eigenvalue weighted by molar-refractivity contribution is 7.10. The number of thiazole rings is 1. The molecule has 2 aromatic heterocycles. The number of amides is 1. The van der Waals surface area contributed by atoms with Crippen LogP contribution in [0.25, 0.3) is 17.3 Å². The van der Waals surface area contributed by atoms with E-state index < -0.39 is 6.61 Å². The maximum Gasteiger partial charge on any atom is 0.387 e. The summed E-state index contributed by atoms with van der Waals surface area (Å²) in [5.74, 6) is -0.208. The Bertz CT molecular complexity index is 944. The lowest BCUT2D eigenvalue weighted by Crippen LogP contribution is -2.24. The maximum atomic E-state index is 12.1. The van der Waals surface area contributed by atoms with Crippen molar-refractivity contribution in [2.45, 2.75) is 19.6 Å². The van der Waals surface area contributed by atoms with Crippen LogP contribution < -0.4 is 10.1 Å². The molecule has 0 aliphatic rings. The Morgan fingerprint density at radius 3 is 2.57 bits per heavy atom. The molecular weight excluding hydrogens is 384 g/mol. The molecule has 0 aliphatic carbocycles. The van der Waals surface area contributed by atoms with Gasteiger partial charge in [0.15, 0.2) is 0 Å². The highest BCUT2D eigenvalue weighted by atomic mass is 32.1. The van der Waals surface area contributed by atoms with Gasteiger partial charge in [-0.2, -0.15) is 8.78 Å². The summed E-state index contributed by atoms with van der Waals surface area (Å²) in [6.07, 6.45) is 6.39. The zero-order valence-corrected chi connectivity index (χ0v) is 15.7. The summed E-state index contributed by atoms with van der Waals surface area (Å²) in [5, 5.41) is 5.58. The number of pyridine rings is 1. The van der Waals surface area contributed by atoms with Gasteiger partial charge in [-0.15, -0.1) is 11.3 Å². The number of carbonyl (C=O) groups excluding carboxylic acids is 1. The third kappa shape index (κ3) is 5.43. The summed E-state index contributed by atoms with van der Waals surface area (Å²) in [7, 11) is 0. The molecule has 1 N–H and O–H groups in total. The molecule has 1 unspecified atom stereocenters. The summed E-state index contributed by atoms with van der Waals surface area (Å²) in [6, 6.07) is 9.52. The van der Waals surface area contributed by atoms with Gasteiger partial charge in [0.1, 0.15) is 10.8 Å². The third-order valence-electron chi connectivity index (χ3n) is 3.76. The van der Waals surface area contributed by atoms with Gasteiger partial charge < -0.3 is 10.1 Å². The number of nitrogens with one attached hydrogen (secondary N) is 1. The lowest BCUT2D eigenvalue weighted by Gasteiger charge is -2.09. The van der Waals surface area contributed by atoms with Crippen molar-refractivity contribution in [3.05, 3.63) is 70.8 Å². The van der Waals surface area contributed by atoms with Crippen LogP contribution >= 0.6 is 11.3 Å². The van der Waals surface area contributed by atoms with Crippen LogP contribution in [0.4, 0.5) is 8.78 Å². The smallest absolute Gasteiger partial charge is 0.387 e. The number of hydrogen-bond donors (Lipinski definition) is 1. The van der Waals surface area contributed by atoms with Gasteiger partial charge in [0.05, 0.1) is 11.7 Å². The molecule has 8 heteroatoms. The summed E-state index contributed by atoms with van der Waals surface area (Å²) >= 11 is 1.47. The van der Waals surface area contributed by atoms with E-state index in [9.17, 15) is 13.6 Å². The third-order valence-corrected chi connectivity index (χ3v) is 4.79. The SMILES string of the molecule is CC(NC(=O)/C=C/c1ccc(OC(F)F)cc1)c1nc(-c2ccncc2)cs1. The van der Waals surface area contributed by atoms with E-state index in [4.69, 9.17) is 0 Å². The summed E-state index contributed by atoms with van der Waals surface area (Å²) in [4.78, 5) is 20.7. The van der Waals surface area contributed by atoms with E-state index >= 15 is 0 Å². The summed E-state index contributed by atoms with van der Waals surface area (Å²) < 4.78 is 28.6. The lowest BCUT2D eigenvalue weighted by atomic mass is 10.2. The van der Waals surface area contributed by atoms with E-state index in [-0.39, 0.29) is 17.7 Å². The average molecular weight is 401 g/mol. The summed E-state index contributed by atoms with van der Waals surface area (Å²) in [6.45, 7) is -1.00. The second-order valence-corrected chi connectivity index (χ2v) is 6.71. The van der Waals surface area contributed by atoms with Gasteiger partial charge >= 0.3 is 6.61 Å². The van der Waals surface area contributed by atoms with Crippen LogP contribution in [0.3, 0.4) is 0 Å². The average Bonchev–Trinajstić information content (AvgIpc) is 3.18. The van der Waals surface area contributed by atoms with E-state index in [0.29, 0.717) is 5.56 Å². The van der Waals surface area contributed by atoms with Gasteiger partial charge in [-0.25, -0.2) is 4.98 Å². The zero-order valence-electron chi connectivity index (χ0n) is 14.9. The highest BCUT2D eigenvalue weighted by Gasteiger charge is 2.13. The van der Waals surface area contributed by atoms with Crippen molar-refractivity contribution < 1.29 is 18.3 Å². The first-order chi connectivity index (χ1) is 13.5. The van der Waals surface area contributed by atoms with Crippen molar-refractivity contribution in [2.75, 3.05) is 0 Å². The van der Waals surface area contributed by atoms with E-state index in [1.807, 2.05) is 24.4 Å². The first kappa shape index (κ1) is 19.6. The van der Waals surface area contributed by atoms with Crippen LogP contribution in [0.5, 0.6) is 5.75 Å². The normalized spacial score (nSPS) is 12.3. The molecule has 0 saturated carbocycles. The Kier molecular flexibility index (Phi) is 6.44. The molecule has 3 aromatic rings. The number of benzene rings is 1. The van der Waals surface area contributed by atoms with E-state index in [1.165, 1.54) is 29.5 Å². The first-order valence-electron chi connectivity index (χ1n) is 8.40. The molecule has 3 rings (SSSR count). The molecule has 0 radical (unpaired) electrons. The topological polar surface area (TPSA) is 64.1 Å². The minimum absolute atomic E-state index is 0.0685. The second kappa shape index (κ2) is 9.18. The number of halogens is 2. The Hall–Kier alpha value is -3.13. The van der Waals surface area contributed by atoms with Crippen molar-refractivity contribution in [3.63, 3.8) is 0 Å². The van der Waals surface area contributed by atoms with Gasteiger partial charge in [0.2, 0.25) is 5.91 Å². The number of carbonyl (C=O) groups is 1. The molecular formula is C20H17F2N3O2S. The molecule has 0 saturated heterocycles. The van der Waals surface area contributed by atoms with Crippen molar-refractivity contribution in [1.29, 1.82) is 0 Å². The fourth-order valence-corrected chi connectivity index (χ4v) is 3.23. The molecule has 5 nitrogen and oxygen atoms in total. The molecule has 1 aromatic carbocycles. The van der Waals surface area contributed by atoms with Crippen molar-refractivity contribution in [2.24, 2.45) is 0 Å². The molecule has 28 heavy (non-hydrogen) atoms. The monoisotopic (exact) mass is 401 g/mol. The molecule has 2 heterocycles.